The van der Waals surface area contributed by atoms with Crippen molar-refractivity contribution in [1.29, 1.82) is 0 Å². The van der Waals surface area contributed by atoms with Gasteiger partial charge < -0.3 is 11.1 Å². The highest BCUT2D eigenvalue weighted by molar-refractivity contribution is 5.94. The number of hydrogen-bond acceptors (Lipinski definition) is 4. The lowest BCUT2D eigenvalue weighted by Crippen LogP contribution is -2.45. The Bertz CT molecular complexity index is 737. The lowest BCUT2D eigenvalue weighted by Gasteiger charge is -2.34. The van der Waals surface area contributed by atoms with Crippen LogP contribution in [0.5, 0.6) is 0 Å². The normalized spacial score (nSPS) is 16.9. The summed E-state index contributed by atoms with van der Waals surface area (Å²) in [6, 6.07) is 18.3. The molecule has 1 heterocycles. The Morgan fingerprint density at radius 1 is 0.893 bits per heavy atom. The molecule has 1 aliphatic rings. The minimum absolute atomic E-state index is 0.125. The molecule has 0 aromatic heterocycles. The number of hydrogen-bond donors (Lipinski definition) is 2. The number of nitrogens with one attached hydrogen (secondary N) is 1. The van der Waals surface area contributed by atoms with Crippen molar-refractivity contribution in [1.82, 2.24) is 9.80 Å². The maximum Gasteiger partial charge on any atom is 0.241 e. The van der Waals surface area contributed by atoms with Crippen molar-refractivity contribution >= 4 is 11.6 Å². The first-order valence-electron chi connectivity index (χ1n) is 10.2. The number of carbonyl (C=O) groups is 1. The van der Waals surface area contributed by atoms with E-state index in [0.29, 0.717) is 0 Å². The highest BCUT2D eigenvalue weighted by Gasteiger charge is 2.18. The quantitative estimate of drug-likeness (QED) is 0.775. The molecule has 1 aliphatic heterocycles. The van der Waals surface area contributed by atoms with E-state index in [0.717, 1.165) is 45.0 Å². The number of rotatable bonds is 7. The van der Waals surface area contributed by atoms with Crippen LogP contribution in [-0.4, -0.2) is 47.9 Å². The summed E-state index contributed by atoms with van der Waals surface area (Å²) in [5.74, 6) is -0.00267. The van der Waals surface area contributed by atoms with Gasteiger partial charge in [-0.2, -0.15) is 0 Å². The second kappa shape index (κ2) is 9.82. The van der Waals surface area contributed by atoms with Crippen molar-refractivity contribution in [3.63, 3.8) is 0 Å². The van der Waals surface area contributed by atoms with E-state index in [1.807, 2.05) is 26.0 Å². The maximum atomic E-state index is 12.1. The van der Waals surface area contributed by atoms with E-state index >= 15 is 0 Å². The van der Waals surface area contributed by atoms with E-state index in [9.17, 15) is 4.79 Å². The molecule has 2 aromatic carbocycles. The molecule has 0 aliphatic carbocycles. The predicted octanol–water partition coefficient (Wildman–Crippen LogP) is 2.93. The third kappa shape index (κ3) is 5.89. The lowest BCUT2D eigenvalue weighted by molar-refractivity contribution is -0.118. The zero-order valence-electron chi connectivity index (χ0n) is 17.0. The van der Waals surface area contributed by atoms with E-state index in [1.54, 1.807) is 0 Å². The van der Waals surface area contributed by atoms with Gasteiger partial charge >= 0.3 is 0 Å². The molecule has 3 N–H and O–H groups in total. The van der Waals surface area contributed by atoms with Crippen LogP contribution in [0.15, 0.2) is 54.6 Å². The van der Waals surface area contributed by atoms with E-state index in [-0.39, 0.29) is 11.8 Å². The number of carbonyl (C=O) groups excluding carboxylic acids is 1. The zero-order valence-corrected chi connectivity index (χ0v) is 17.0. The Balaban J connectivity index is 1.44. The highest BCUT2D eigenvalue weighted by Crippen LogP contribution is 2.15. The molecule has 150 valence electrons. The van der Waals surface area contributed by atoms with Crippen molar-refractivity contribution in [2.24, 2.45) is 11.7 Å². The molecule has 1 atom stereocenters. The predicted molar refractivity (Wildman–Crippen MR) is 115 cm³/mol. The van der Waals surface area contributed by atoms with Crippen molar-refractivity contribution in [2.45, 2.75) is 33.0 Å². The Morgan fingerprint density at radius 3 is 1.89 bits per heavy atom. The topological polar surface area (TPSA) is 61.6 Å². The van der Waals surface area contributed by atoms with E-state index in [4.69, 9.17) is 5.73 Å². The third-order valence-electron chi connectivity index (χ3n) is 5.36. The van der Waals surface area contributed by atoms with Crippen LogP contribution in [0, 0.1) is 5.92 Å². The second-order valence-electron chi connectivity index (χ2n) is 7.99. The molecule has 0 radical (unpaired) electrons. The van der Waals surface area contributed by atoms with Crippen LogP contribution in [0.1, 0.15) is 25.0 Å². The van der Waals surface area contributed by atoms with Crippen LogP contribution >= 0.6 is 0 Å². The van der Waals surface area contributed by atoms with Crippen molar-refractivity contribution in [3.05, 3.63) is 65.7 Å². The number of nitrogens with two attached hydrogens (primary N) is 1. The summed E-state index contributed by atoms with van der Waals surface area (Å²) in [7, 11) is 0. The van der Waals surface area contributed by atoms with Gasteiger partial charge in [-0.1, -0.05) is 56.3 Å². The van der Waals surface area contributed by atoms with Gasteiger partial charge in [0, 0.05) is 45.0 Å². The molecule has 1 amide bonds. The molecule has 3 rings (SSSR count). The van der Waals surface area contributed by atoms with Gasteiger partial charge in [-0.15, -0.1) is 0 Å². The molecule has 5 heteroatoms. The summed E-state index contributed by atoms with van der Waals surface area (Å²) in [4.78, 5) is 17.1. The summed E-state index contributed by atoms with van der Waals surface area (Å²) in [5, 5.41) is 2.90. The van der Waals surface area contributed by atoms with Crippen LogP contribution in [0.2, 0.25) is 0 Å². The average molecular weight is 381 g/mol. The standard InChI is InChI=1S/C23H32N4O/c1-18(2)22(24)23(28)25-21-10-8-20(9-11-21)17-27-14-12-26(13-15-27)16-19-6-4-3-5-7-19/h3-11,18,22H,12-17,24H2,1-2H3,(H,25,28). The van der Waals surface area contributed by atoms with Crippen LogP contribution < -0.4 is 11.1 Å². The number of anilines is 1. The largest absolute Gasteiger partial charge is 0.325 e. The fourth-order valence-corrected chi connectivity index (χ4v) is 3.43. The first-order chi connectivity index (χ1) is 13.5. The van der Waals surface area contributed by atoms with Gasteiger partial charge in [0.2, 0.25) is 5.91 Å². The summed E-state index contributed by atoms with van der Waals surface area (Å²) >= 11 is 0. The Hall–Kier alpha value is -2.21. The highest BCUT2D eigenvalue weighted by atomic mass is 16.2. The third-order valence-corrected chi connectivity index (χ3v) is 5.36. The number of benzene rings is 2. The molecule has 28 heavy (non-hydrogen) atoms. The molecule has 0 bridgehead atoms. The van der Waals surface area contributed by atoms with Crippen molar-refractivity contribution in [3.8, 4) is 0 Å². The molecule has 1 unspecified atom stereocenters. The van der Waals surface area contributed by atoms with Gasteiger partial charge in [-0.3, -0.25) is 14.6 Å². The molecule has 0 spiro atoms. The fraction of sp³-hybridized carbons (Fsp3) is 0.435. The minimum Gasteiger partial charge on any atom is -0.325 e. The number of nitrogens with zero attached hydrogens (tertiary/aromatic N) is 2. The monoisotopic (exact) mass is 380 g/mol. The smallest absolute Gasteiger partial charge is 0.241 e. The Kier molecular flexibility index (Phi) is 7.20. The van der Waals surface area contributed by atoms with Gasteiger partial charge in [0.05, 0.1) is 6.04 Å². The van der Waals surface area contributed by atoms with Crippen LogP contribution in [-0.2, 0) is 17.9 Å². The van der Waals surface area contributed by atoms with Crippen LogP contribution in [0.4, 0.5) is 5.69 Å². The number of piperazine rings is 1. The molecular weight excluding hydrogens is 348 g/mol. The Morgan fingerprint density at radius 2 is 1.39 bits per heavy atom. The molecule has 1 fully saturated rings. The minimum atomic E-state index is -0.480. The lowest BCUT2D eigenvalue weighted by atomic mass is 10.0. The molecule has 1 saturated heterocycles. The van der Waals surface area contributed by atoms with E-state index < -0.39 is 6.04 Å². The summed E-state index contributed by atoms with van der Waals surface area (Å²) in [5.41, 5.74) is 9.35. The van der Waals surface area contributed by atoms with Crippen LogP contribution in [0.25, 0.3) is 0 Å². The first-order valence-corrected chi connectivity index (χ1v) is 10.2. The molecule has 5 nitrogen and oxygen atoms in total. The number of amides is 1. The molecule has 0 saturated carbocycles. The Labute approximate surface area is 168 Å². The van der Waals surface area contributed by atoms with Gasteiger partial charge in [0.25, 0.3) is 0 Å². The average Bonchev–Trinajstić information content (AvgIpc) is 2.71. The maximum absolute atomic E-state index is 12.1. The van der Waals surface area contributed by atoms with Gasteiger partial charge in [-0.05, 0) is 29.2 Å². The first kappa shape index (κ1) is 20.5. The van der Waals surface area contributed by atoms with Gasteiger partial charge in [0.15, 0.2) is 0 Å². The van der Waals surface area contributed by atoms with E-state index in [1.165, 1.54) is 11.1 Å². The zero-order chi connectivity index (χ0) is 19.9. The van der Waals surface area contributed by atoms with Crippen molar-refractivity contribution in [2.75, 3.05) is 31.5 Å². The SMILES string of the molecule is CC(C)C(N)C(=O)Nc1ccc(CN2CCN(Cc3ccccc3)CC2)cc1. The molecule has 2 aromatic rings. The summed E-state index contributed by atoms with van der Waals surface area (Å²) < 4.78 is 0. The fourth-order valence-electron chi connectivity index (χ4n) is 3.43. The van der Waals surface area contributed by atoms with E-state index in [2.05, 4.69) is 57.6 Å². The van der Waals surface area contributed by atoms with Crippen LogP contribution in [0.3, 0.4) is 0 Å². The van der Waals surface area contributed by atoms with Gasteiger partial charge in [0.1, 0.15) is 0 Å². The summed E-state index contributed by atoms with van der Waals surface area (Å²) in [6.45, 7) is 10.2. The van der Waals surface area contributed by atoms with Gasteiger partial charge in [-0.25, -0.2) is 0 Å². The van der Waals surface area contributed by atoms with Crippen molar-refractivity contribution < 1.29 is 4.79 Å². The summed E-state index contributed by atoms with van der Waals surface area (Å²) in [6.07, 6.45) is 0. The second-order valence-corrected chi connectivity index (χ2v) is 7.99. The molecular formula is C23H32N4O.